The number of rotatable bonds is 4. The highest BCUT2D eigenvalue weighted by atomic mass is 32.2. The fourth-order valence-electron chi connectivity index (χ4n) is 2.67. The Labute approximate surface area is 133 Å². The molecule has 2 aromatic carbocycles. The van der Waals surface area contributed by atoms with E-state index in [0.717, 1.165) is 27.9 Å². The van der Waals surface area contributed by atoms with Gasteiger partial charge < -0.3 is 10.7 Å². The summed E-state index contributed by atoms with van der Waals surface area (Å²) < 4.78 is 13.6. The van der Waals surface area contributed by atoms with E-state index < -0.39 is 0 Å². The number of aryl methyl sites for hydroxylation is 2. The molecule has 3 rings (SSSR count). The number of hydrogen-bond acceptors (Lipinski definition) is 2. The third-order valence-corrected chi connectivity index (χ3v) is 5.08. The molecule has 3 aromatic rings. The van der Waals surface area contributed by atoms with Crippen molar-refractivity contribution >= 4 is 22.7 Å². The predicted octanol–water partition coefficient (Wildman–Crippen LogP) is 4.58. The number of aromatic nitrogens is 1. The molecule has 0 saturated carbocycles. The molecule has 3 N–H and O–H groups in total. The van der Waals surface area contributed by atoms with Gasteiger partial charge in [0.05, 0.1) is 0 Å². The van der Waals surface area contributed by atoms with E-state index in [-0.39, 0.29) is 5.82 Å². The SMILES string of the molecule is Cc1ccc(Sc2c(C)[nH]c3ccc(F)cc23)c(CCN)c1. The van der Waals surface area contributed by atoms with Crippen LogP contribution < -0.4 is 5.73 Å². The van der Waals surface area contributed by atoms with Gasteiger partial charge >= 0.3 is 0 Å². The molecule has 22 heavy (non-hydrogen) atoms. The van der Waals surface area contributed by atoms with Crippen molar-refractivity contribution in [1.82, 2.24) is 4.98 Å². The Morgan fingerprint density at radius 1 is 1.14 bits per heavy atom. The van der Waals surface area contributed by atoms with E-state index >= 15 is 0 Å². The molecule has 0 radical (unpaired) electrons. The third-order valence-electron chi connectivity index (χ3n) is 3.73. The summed E-state index contributed by atoms with van der Waals surface area (Å²) in [7, 11) is 0. The van der Waals surface area contributed by atoms with E-state index in [0.29, 0.717) is 6.54 Å². The van der Waals surface area contributed by atoms with Crippen molar-refractivity contribution < 1.29 is 4.39 Å². The Morgan fingerprint density at radius 2 is 1.95 bits per heavy atom. The van der Waals surface area contributed by atoms with Gasteiger partial charge in [-0.1, -0.05) is 29.5 Å². The van der Waals surface area contributed by atoms with Crippen LogP contribution in [0.5, 0.6) is 0 Å². The largest absolute Gasteiger partial charge is 0.358 e. The van der Waals surface area contributed by atoms with Crippen LogP contribution in [-0.4, -0.2) is 11.5 Å². The quantitative estimate of drug-likeness (QED) is 0.740. The number of nitrogens with two attached hydrogens (primary N) is 1. The Morgan fingerprint density at radius 3 is 2.73 bits per heavy atom. The van der Waals surface area contributed by atoms with Crippen LogP contribution in [0.1, 0.15) is 16.8 Å². The second kappa shape index (κ2) is 6.15. The van der Waals surface area contributed by atoms with Gasteiger partial charge in [0, 0.05) is 26.4 Å². The molecule has 2 nitrogen and oxygen atoms in total. The molecule has 1 aromatic heterocycles. The smallest absolute Gasteiger partial charge is 0.123 e. The zero-order valence-electron chi connectivity index (χ0n) is 12.7. The first kappa shape index (κ1) is 15.1. The Balaban J connectivity index is 2.06. The van der Waals surface area contributed by atoms with E-state index in [9.17, 15) is 4.39 Å². The minimum absolute atomic E-state index is 0.209. The number of H-pyrrole nitrogens is 1. The van der Waals surface area contributed by atoms with E-state index in [1.165, 1.54) is 22.1 Å². The second-order valence-electron chi connectivity index (χ2n) is 5.52. The average molecular weight is 314 g/mol. The molecule has 114 valence electrons. The molecule has 0 fully saturated rings. The lowest BCUT2D eigenvalue weighted by molar-refractivity contribution is 0.629. The maximum absolute atomic E-state index is 13.6. The fourth-order valence-corrected chi connectivity index (χ4v) is 3.81. The van der Waals surface area contributed by atoms with E-state index in [4.69, 9.17) is 5.73 Å². The maximum atomic E-state index is 13.6. The van der Waals surface area contributed by atoms with Crippen LogP contribution in [0.3, 0.4) is 0 Å². The van der Waals surface area contributed by atoms with Crippen LogP contribution >= 0.6 is 11.8 Å². The molecule has 0 saturated heterocycles. The number of halogens is 1. The monoisotopic (exact) mass is 314 g/mol. The van der Waals surface area contributed by atoms with Crippen molar-refractivity contribution in [1.29, 1.82) is 0 Å². The Kier molecular flexibility index (Phi) is 4.23. The topological polar surface area (TPSA) is 41.8 Å². The summed E-state index contributed by atoms with van der Waals surface area (Å²) in [6, 6.07) is 11.3. The van der Waals surface area contributed by atoms with Crippen LogP contribution in [0.2, 0.25) is 0 Å². The lowest BCUT2D eigenvalue weighted by Crippen LogP contribution is -2.04. The normalized spacial score (nSPS) is 11.3. The standard InChI is InChI=1S/C18H19FN2S/c1-11-3-6-17(13(9-11)7-8-20)22-18-12(2)21-16-5-4-14(19)10-15(16)18/h3-6,9-10,21H,7-8,20H2,1-2H3. The molecule has 0 bridgehead atoms. The first-order valence-corrected chi connectivity index (χ1v) is 8.15. The molecule has 0 amide bonds. The van der Waals surface area contributed by atoms with Gasteiger partial charge in [-0.2, -0.15) is 0 Å². The van der Waals surface area contributed by atoms with Gasteiger partial charge in [-0.05, 0) is 56.6 Å². The average Bonchev–Trinajstić information content (AvgIpc) is 2.78. The molecule has 1 heterocycles. The van der Waals surface area contributed by atoms with Crippen molar-refractivity contribution in [2.24, 2.45) is 5.73 Å². The minimum Gasteiger partial charge on any atom is -0.358 e. The van der Waals surface area contributed by atoms with Crippen LogP contribution in [0, 0.1) is 19.7 Å². The first-order valence-electron chi connectivity index (χ1n) is 7.34. The van der Waals surface area contributed by atoms with Gasteiger partial charge in [-0.3, -0.25) is 0 Å². The van der Waals surface area contributed by atoms with Gasteiger partial charge in [0.1, 0.15) is 5.82 Å². The van der Waals surface area contributed by atoms with E-state index in [2.05, 4.69) is 30.1 Å². The van der Waals surface area contributed by atoms with Crippen molar-refractivity contribution in [3.8, 4) is 0 Å². The number of aromatic amines is 1. The second-order valence-corrected chi connectivity index (χ2v) is 6.57. The molecule has 0 atom stereocenters. The third kappa shape index (κ3) is 2.89. The Hall–Kier alpha value is -1.78. The first-order chi connectivity index (χ1) is 10.6. The maximum Gasteiger partial charge on any atom is 0.123 e. The molecule has 0 aliphatic carbocycles. The fraction of sp³-hybridized carbons (Fsp3) is 0.222. The van der Waals surface area contributed by atoms with E-state index in [1.807, 2.05) is 6.92 Å². The van der Waals surface area contributed by atoms with Crippen molar-refractivity contribution in [3.05, 3.63) is 59.0 Å². The lowest BCUT2D eigenvalue weighted by atomic mass is 10.1. The number of benzene rings is 2. The van der Waals surface area contributed by atoms with Crippen molar-refractivity contribution in [2.75, 3.05) is 6.54 Å². The summed E-state index contributed by atoms with van der Waals surface area (Å²) in [5.74, 6) is -0.209. The summed E-state index contributed by atoms with van der Waals surface area (Å²) in [5, 5.41) is 0.932. The molecular weight excluding hydrogens is 295 g/mol. The van der Waals surface area contributed by atoms with Crippen molar-refractivity contribution in [3.63, 3.8) is 0 Å². The number of hydrogen-bond donors (Lipinski definition) is 2. The highest BCUT2D eigenvalue weighted by Crippen LogP contribution is 2.38. The molecule has 0 spiro atoms. The number of fused-ring (bicyclic) bond motifs is 1. The van der Waals surface area contributed by atoms with Crippen LogP contribution in [0.15, 0.2) is 46.2 Å². The molecule has 4 heteroatoms. The molecule has 0 aliphatic rings. The Bertz CT molecular complexity index is 823. The predicted molar refractivity (Wildman–Crippen MR) is 91.1 cm³/mol. The summed E-state index contributed by atoms with van der Waals surface area (Å²) in [4.78, 5) is 5.59. The summed E-state index contributed by atoms with van der Waals surface area (Å²) >= 11 is 1.68. The van der Waals surface area contributed by atoms with Gasteiger partial charge in [-0.15, -0.1) is 0 Å². The molecule has 0 aliphatic heterocycles. The van der Waals surface area contributed by atoms with Gasteiger partial charge in [0.2, 0.25) is 0 Å². The van der Waals surface area contributed by atoms with Crippen molar-refractivity contribution in [2.45, 2.75) is 30.1 Å². The van der Waals surface area contributed by atoms with Crippen LogP contribution in [-0.2, 0) is 6.42 Å². The summed E-state index contributed by atoms with van der Waals surface area (Å²) in [5.41, 5.74) is 10.2. The zero-order valence-corrected chi connectivity index (χ0v) is 13.6. The molecular formula is C18H19FN2S. The van der Waals surface area contributed by atoms with Crippen LogP contribution in [0.25, 0.3) is 10.9 Å². The lowest BCUT2D eigenvalue weighted by Gasteiger charge is -2.10. The summed E-state index contributed by atoms with van der Waals surface area (Å²) in [6.45, 7) is 4.73. The van der Waals surface area contributed by atoms with Gasteiger partial charge in [0.25, 0.3) is 0 Å². The van der Waals surface area contributed by atoms with E-state index in [1.54, 1.807) is 23.9 Å². The summed E-state index contributed by atoms with van der Waals surface area (Å²) in [6.07, 6.45) is 0.847. The molecule has 0 unspecified atom stereocenters. The number of nitrogens with one attached hydrogen (secondary N) is 1. The minimum atomic E-state index is -0.209. The highest BCUT2D eigenvalue weighted by molar-refractivity contribution is 7.99. The van der Waals surface area contributed by atoms with Crippen LogP contribution in [0.4, 0.5) is 4.39 Å². The zero-order chi connectivity index (χ0) is 15.7. The van der Waals surface area contributed by atoms with Gasteiger partial charge in [0.15, 0.2) is 0 Å². The van der Waals surface area contributed by atoms with Gasteiger partial charge in [-0.25, -0.2) is 4.39 Å². The highest BCUT2D eigenvalue weighted by Gasteiger charge is 2.13.